The summed E-state index contributed by atoms with van der Waals surface area (Å²) in [5.74, 6) is -0.919. The first-order chi connectivity index (χ1) is 26.0. The van der Waals surface area contributed by atoms with Crippen LogP contribution in [-0.4, -0.2) is 70.0 Å². The Labute approximate surface area is 331 Å². The summed E-state index contributed by atoms with van der Waals surface area (Å²) in [6.07, 6.45) is 40.4. The van der Waals surface area contributed by atoms with Crippen LogP contribution in [0.1, 0.15) is 181 Å². The van der Waals surface area contributed by atoms with E-state index < -0.39 is 32.5 Å². The molecule has 0 radical (unpaired) electrons. The lowest BCUT2D eigenvalue weighted by Crippen LogP contribution is -2.37. The van der Waals surface area contributed by atoms with Gasteiger partial charge in [0.05, 0.1) is 27.7 Å². The minimum absolute atomic E-state index is 0.0413. The zero-order chi connectivity index (χ0) is 40.0. The van der Waals surface area contributed by atoms with Crippen LogP contribution >= 0.6 is 7.82 Å². The molecule has 10 heteroatoms. The minimum atomic E-state index is -4.64. The Bertz CT molecular complexity index is 1020. The fraction of sp³-hybridized carbons (Fsp3) is 0.818. The Morgan fingerprint density at radius 2 is 1.04 bits per heavy atom. The summed E-state index contributed by atoms with van der Waals surface area (Å²) in [5.41, 5.74) is 0. The number of ether oxygens (including phenoxy) is 2. The van der Waals surface area contributed by atoms with Gasteiger partial charge in [0.25, 0.3) is 7.82 Å². The summed E-state index contributed by atoms with van der Waals surface area (Å²) in [7, 11) is 1.13. The SMILES string of the molecule is CCCCCCC/C=C\C/C=C\C/C=C\CCC(=O)OC(COC(=O)CCCCCCCCCCCCCCCCC)COP(=O)([O-])OCC[N+](C)(C)C. The van der Waals surface area contributed by atoms with Crippen molar-refractivity contribution in [2.75, 3.05) is 47.5 Å². The molecule has 0 saturated carbocycles. The van der Waals surface area contributed by atoms with Crippen LogP contribution in [0.25, 0.3) is 0 Å². The van der Waals surface area contributed by atoms with Gasteiger partial charge in [-0.05, 0) is 38.5 Å². The lowest BCUT2D eigenvalue weighted by molar-refractivity contribution is -0.870. The van der Waals surface area contributed by atoms with Gasteiger partial charge in [-0.1, -0.05) is 166 Å². The van der Waals surface area contributed by atoms with Crippen molar-refractivity contribution in [1.29, 1.82) is 0 Å². The molecule has 316 valence electrons. The Hall–Kier alpha value is -1.77. The molecule has 0 heterocycles. The molecule has 0 fully saturated rings. The molecule has 0 aromatic rings. The third kappa shape index (κ3) is 39.9. The Morgan fingerprint density at radius 3 is 1.56 bits per heavy atom. The minimum Gasteiger partial charge on any atom is -0.756 e. The van der Waals surface area contributed by atoms with E-state index in [-0.39, 0.29) is 26.1 Å². The number of hydrogen-bond donors (Lipinski definition) is 0. The van der Waals surface area contributed by atoms with Gasteiger partial charge in [-0.2, -0.15) is 0 Å². The number of unbranched alkanes of at least 4 members (excludes halogenated alkanes) is 19. The quantitative estimate of drug-likeness (QED) is 0.0199. The molecule has 0 aromatic carbocycles. The summed E-state index contributed by atoms with van der Waals surface area (Å²) >= 11 is 0. The van der Waals surface area contributed by atoms with Crippen molar-refractivity contribution in [3.05, 3.63) is 36.5 Å². The van der Waals surface area contributed by atoms with Gasteiger partial charge in [-0.3, -0.25) is 14.2 Å². The summed E-state index contributed by atoms with van der Waals surface area (Å²) in [6.45, 7) is 4.14. The normalized spacial score (nSPS) is 14.0. The van der Waals surface area contributed by atoms with Gasteiger partial charge in [0.2, 0.25) is 0 Å². The summed E-state index contributed by atoms with van der Waals surface area (Å²) < 4.78 is 33.8. The van der Waals surface area contributed by atoms with E-state index >= 15 is 0 Å². The second kappa shape index (κ2) is 36.8. The average molecular weight is 784 g/mol. The van der Waals surface area contributed by atoms with E-state index in [0.29, 0.717) is 17.4 Å². The van der Waals surface area contributed by atoms with E-state index in [4.69, 9.17) is 18.5 Å². The second-order valence-corrected chi connectivity index (χ2v) is 17.1. The van der Waals surface area contributed by atoms with Gasteiger partial charge >= 0.3 is 11.9 Å². The van der Waals surface area contributed by atoms with Crippen LogP contribution in [0.5, 0.6) is 0 Å². The van der Waals surface area contributed by atoms with Crippen molar-refractivity contribution in [3.63, 3.8) is 0 Å². The number of phosphoric acid groups is 1. The van der Waals surface area contributed by atoms with E-state index in [9.17, 15) is 19.0 Å². The number of likely N-dealkylation sites (N-methyl/N-ethyl adjacent to an activating group) is 1. The number of phosphoric ester groups is 1. The van der Waals surface area contributed by atoms with Crippen LogP contribution in [0, 0.1) is 0 Å². The first-order valence-electron chi connectivity index (χ1n) is 21.7. The summed E-state index contributed by atoms with van der Waals surface area (Å²) in [4.78, 5) is 37.4. The van der Waals surface area contributed by atoms with Gasteiger partial charge in [-0.25, -0.2) is 0 Å². The Morgan fingerprint density at radius 1 is 0.574 bits per heavy atom. The molecule has 0 bridgehead atoms. The number of rotatable bonds is 39. The molecular weight excluding hydrogens is 701 g/mol. The molecule has 9 nitrogen and oxygen atoms in total. The Balaban J connectivity index is 4.45. The van der Waals surface area contributed by atoms with Crippen molar-refractivity contribution >= 4 is 19.8 Å². The number of carbonyl (C=O) groups excluding carboxylic acids is 2. The highest BCUT2D eigenvalue weighted by molar-refractivity contribution is 7.45. The monoisotopic (exact) mass is 784 g/mol. The molecule has 0 aromatic heterocycles. The van der Waals surface area contributed by atoms with Crippen LogP contribution in [0.3, 0.4) is 0 Å². The molecule has 0 aliphatic carbocycles. The number of allylic oxidation sites excluding steroid dienone is 6. The average Bonchev–Trinajstić information content (AvgIpc) is 3.12. The first kappa shape index (κ1) is 52.2. The van der Waals surface area contributed by atoms with Crippen LogP contribution in [0.2, 0.25) is 0 Å². The molecule has 0 saturated heterocycles. The van der Waals surface area contributed by atoms with Gasteiger partial charge in [-0.15, -0.1) is 0 Å². The van der Waals surface area contributed by atoms with E-state index in [1.165, 1.54) is 109 Å². The molecule has 0 spiro atoms. The topological polar surface area (TPSA) is 111 Å². The fourth-order valence-electron chi connectivity index (χ4n) is 5.74. The number of hydrogen-bond acceptors (Lipinski definition) is 8. The van der Waals surface area contributed by atoms with Crippen molar-refractivity contribution < 1.29 is 42.1 Å². The Kier molecular flexibility index (Phi) is 35.6. The second-order valence-electron chi connectivity index (χ2n) is 15.7. The number of esters is 2. The van der Waals surface area contributed by atoms with Gasteiger partial charge < -0.3 is 27.9 Å². The molecule has 2 atom stereocenters. The molecule has 0 amide bonds. The van der Waals surface area contributed by atoms with Gasteiger partial charge in [0.1, 0.15) is 19.8 Å². The molecule has 0 aliphatic heterocycles. The number of carbonyl (C=O) groups is 2. The highest BCUT2D eigenvalue weighted by Crippen LogP contribution is 2.38. The van der Waals surface area contributed by atoms with Crippen LogP contribution < -0.4 is 4.89 Å². The molecule has 54 heavy (non-hydrogen) atoms. The van der Waals surface area contributed by atoms with Crippen LogP contribution in [-0.2, 0) is 32.7 Å². The number of quaternary nitrogens is 1. The maximum absolute atomic E-state index is 12.6. The molecule has 0 aliphatic rings. The van der Waals surface area contributed by atoms with Gasteiger partial charge in [0.15, 0.2) is 6.10 Å². The zero-order valence-corrected chi connectivity index (χ0v) is 36.3. The highest BCUT2D eigenvalue weighted by Gasteiger charge is 2.21. The van der Waals surface area contributed by atoms with E-state index in [1.807, 2.05) is 33.3 Å². The zero-order valence-electron chi connectivity index (χ0n) is 35.4. The molecule has 2 unspecified atom stereocenters. The van der Waals surface area contributed by atoms with Crippen LogP contribution in [0.15, 0.2) is 36.5 Å². The smallest absolute Gasteiger partial charge is 0.306 e. The lowest BCUT2D eigenvalue weighted by atomic mass is 10.0. The van der Waals surface area contributed by atoms with E-state index in [0.717, 1.165) is 38.5 Å². The molecular formula is C44H82NO8P. The number of nitrogens with zero attached hydrogens (tertiary/aromatic N) is 1. The lowest BCUT2D eigenvalue weighted by Gasteiger charge is -2.28. The maximum atomic E-state index is 12.6. The highest BCUT2D eigenvalue weighted by atomic mass is 31.2. The third-order valence-electron chi connectivity index (χ3n) is 9.18. The first-order valence-corrected chi connectivity index (χ1v) is 23.2. The van der Waals surface area contributed by atoms with Crippen molar-refractivity contribution in [1.82, 2.24) is 0 Å². The molecule has 0 rings (SSSR count). The van der Waals surface area contributed by atoms with E-state index in [2.05, 4.69) is 38.2 Å². The summed E-state index contributed by atoms with van der Waals surface area (Å²) in [5, 5.41) is 0. The predicted molar refractivity (Wildman–Crippen MR) is 222 cm³/mol. The standard InChI is InChI=1S/C44H82NO8P/c1-6-8-10-12-14-16-18-20-22-24-26-28-30-32-34-36-43(46)50-40-42(41-52-54(48,49)51-39-38-45(3,4)5)53-44(47)37-35-33-31-29-27-25-23-21-19-17-15-13-11-9-7-2/h19,21,25,27,31,33,42H,6-18,20,22-24,26,28-30,32,34-41H2,1-5H3/b21-19-,27-25-,33-31-. The van der Waals surface area contributed by atoms with Gasteiger partial charge in [0, 0.05) is 12.8 Å². The van der Waals surface area contributed by atoms with Crippen molar-refractivity contribution in [2.45, 2.75) is 187 Å². The van der Waals surface area contributed by atoms with E-state index in [1.54, 1.807) is 0 Å². The van der Waals surface area contributed by atoms with Crippen molar-refractivity contribution in [2.24, 2.45) is 0 Å². The summed E-state index contributed by atoms with van der Waals surface area (Å²) in [6, 6.07) is 0. The van der Waals surface area contributed by atoms with Crippen molar-refractivity contribution in [3.8, 4) is 0 Å². The third-order valence-corrected chi connectivity index (χ3v) is 10.1. The largest absolute Gasteiger partial charge is 0.756 e. The van der Waals surface area contributed by atoms with Crippen LogP contribution in [0.4, 0.5) is 0 Å². The molecule has 0 N–H and O–H groups in total. The predicted octanol–water partition coefficient (Wildman–Crippen LogP) is 11.5. The fourth-order valence-corrected chi connectivity index (χ4v) is 6.47. The maximum Gasteiger partial charge on any atom is 0.306 e.